The summed E-state index contributed by atoms with van der Waals surface area (Å²) in [6.07, 6.45) is 1.54. The molecule has 1 heterocycles. The van der Waals surface area contributed by atoms with E-state index in [0.29, 0.717) is 13.0 Å². The van der Waals surface area contributed by atoms with E-state index < -0.39 is 12.0 Å². The number of halogens is 1. The summed E-state index contributed by atoms with van der Waals surface area (Å²) < 4.78 is 6.89. The Morgan fingerprint density at radius 1 is 1.17 bits per heavy atom. The molecular formula is C24H24BrNO3. The first-order valence-electron chi connectivity index (χ1n) is 9.98. The maximum absolute atomic E-state index is 12.0. The number of benzene rings is 3. The lowest BCUT2D eigenvalue weighted by Gasteiger charge is -2.33. The molecule has 2 unspecified atom stereocenters. The predicted octanol–water partition coefficient (Wildman–Crippen LogP) is 5.64. The van der Waals surface area contributed by atoms with Crippen LogP contribution >= 0.6 is 15.9 Å². The molecule has 3 aromatic carbocycles. The SMILES string of the molecule is CCOc1ccc(Br)cc1C(c1ccc2ccccc2c1)N1CCCC1C(=O)O. The number of hydrogen-bond donors (Lipinski definition) is 1. The Balaban J connectivity index is 1.90. The fraction of sp³-hybridized carbons (Fsp3) is 0.292. The highest BCUT2D eigenvalue weighted by Gasteiger charge is 2.38. The minimum atomic E-state index is -0.763. The number of carboxylic acid groups (broad SMARTS) is 1. The monoisotopic (exact) mass is 453 g/mol. The lowest BCUT2D eigenvalue weighted by Crippen LogP contribution is -2.39. The number of aliphatic carboxylic acids is 1. The van der Waals surface area contributed by atoms with Gasteiger partial charge in [0.1, 0.15) is 11.8 Å². The number of rotatable bonds is 6. The molecule has 0 aliphatic carbocycles. The van der Waals surface area contributed by atoms with E-state index in [1.807, 2.05) is 31.2 Å². The normalized spacial score (nSPS) is 18.1. The summed E-state index contributed by atoms with van der Waals surface area (Å²) in [6, 6.07) is 19.9. The van der Waals surface area contributed by atoms with E-state index in [1.54, 1.807) is 0 Å². The highest BCUT2D eigenvalue weighted by atomic mass is 79.9. The maximum Gasteiger partial charge on any atom is 0.320 e. The third-order valence-electron chi connectivity index (χ3n) is 5.57. The maximum atomic E-state index is 12.0. The molecule has 29 heavy (non-hydrogen) atoms. The van der Waals surface area contributed by atoms with Gasteiger partial charge in [0.25, 0.3) is 0 Å². The van der Waals surface area contributed by atoms with Crippen molar-refractivity contribution >= 4 is 32.7 Å². The van der Waals surface area contributed by atoms with Gasteiger partial charge in [0.2, 0.25) is 0 Å². The van der Waals surface area contributed by atoms with Gasteiger partial charge in [-0.1, -0.05) is 52.3 Å². The molecule has 3 aromatic rings. The van der Waals surface area contributed by atoms with E-state index in [-0.39, 0.29) is 6.04 Å². The van der Waals surface area contributed by atoms with Crippen LogP contribution in [0.2, 0.25) is 0 Å². The highest BCUT2D eigenvalue weighted by Crippen LogP contribution is 2.41. The second-order valence-electron chi connectivity index (χ2n) is 7.36. The minimum Gasteiger partial charge on any atom is -0.494 e. The Morgan fingerprint density at radius 2 is 1.97 bits per heavy atom. The Labute approximate surface area is 179 Å². The van der Waals surface area contributed by atoms with E-state index in [4.69, 9.17) is 4.74 Å². The Kier molecular flexibility index (Phi) is 5.88. The van der Waals surface area contributed by atoms with Crippen LogP contribution in [-0.2, 0) is 4.79 Å². The largest absolute Gasteiger partial charge is 0.494 e. The average Bonchev–Trinajstić information content (AvgIpc) is 3.20. The lowest BCUT2D eigenvalue weighted by molar-refractivity contribution is -0.142. The van der Waals surface area contributed by atoms with Gasteiger partial charge in [0, 0.05) is 16.6 Å². The molecule has 2 atom stereocenters. The molecule has 1 fully saturated rings. The van der Waals surface area contributed by atoms with Gasteiger partial charge in [-0.15, -0.1) is 0 Å². The van der Waals surface area contributed by atoms with Crippen LogP contribution in [0.15, 0.2) is 65.1 Å². The molecule has 0 amide bonds. The zero-order chi connectivity index (χ0) is 20.4. The van der Waals surface area contributed by atoms with Crippen molar-refractivity contribution in [2.45, 2.75) is 31.8 Å². The molecule has 4 nitrogen and oxygen atoms in total. The smallest absolute Gasteiger partial charge is 0.320 e. The molecule has 4 rings (SSSR count). The standard InChI is InChI=1S/C24H24BrNO3/c1-2-29-22-12-11-19(25)15-20(22)23(26-13-5-8-21(26)24(27)28)18-10-9-16-6-3-4-7-17(16)14-18/h3-4,6-7,9-12,14-15,21,23H,2,5,8,13H2,1H3,(H,27,28). The fourth-order valence-electron chi connectivity index (χ4n) is 4.31. The van der Waals surface area contributed by atoms with Gasteiger partial charge in [0.15, 0.2) is 0 Å². The van der Waals surface area contributed by atoms with Crippen molar-refractivity contribution in [3.8, 4) is 5.75 Å². The summed E-state index contributed by atoms with van der Waals surface area (Å²) in [4.78, 5) is 14.1. The molecule has 0 spiro atoms. The van der Waals surface area contributed by atoms with Crippen LogP contribution in [0, 0.1) is 0 Å². The number of carbonyl (C=O) groups is 1. The molecule has 0 radical (unpaired) electrons. The second kappa shape index (κ2) is 8.56. The van der Waals surface area contributed by atoms with Gasteiger partial charge in [-0.05, 0) is 60.4 Å². The number of ether oxygens (including phenoxy) is 1. The minimum absolute atomic E-state index is 0.192. The fourth-order valence-corrected chi connectivity index (χ4v) is 4.69. The molecule has 1 aliphatic rings. The van der Waals surface area contributed by atoms with Crippen molar-refractivity contribution in [2.75, 3.05) is 13.2 Å². The summed E-state index contributed by atoms with van der Waals surface area (Å²) in [7, 11) is 0. The zero-order valence-corrected chi connectivity index (χ0v) is 17.9. The number of hydrogen-bond acceptors (Lipinski definition) is 3. The first-order chi connectivity index (χ1) is 14.1. The molecule has 5 heteroatoms. The van der Waals surface area contributed by atoms with Crippen molar-refractivity contribution < 1.29 is 14.6 Å². The predicted molar refractivity (Wildman–Crippen MR) is 118 cm³/mol. The van der Waals surface area contributed by atoms with E-state index in [9.17, 15) is 9.90 Å². The van der Waals surface area contributed by atoms with Gasteiger partial charge in [-0.25, -0.2) is 0 Å². The molecule has 1 N–H and O–H groups in total. The van der Waals surface area contributed by atoms with Crippen molar-refractivity contribution in [3.63, 3.8) is 0 Å². The molecule has 150 valence electrons. The van der Waals surface area contributed by atoms with Gasteiger partial charge in [0.05, 0.1) is 12.6 Å². The molecule has 1 aliphatic heterocycles. The Hall–Kier alpha value is -2.37. The summed E-state index contributed by atoms with van der Waals surface area (Å²) in [5.41, 5.74) is 2.07. The van der Waals surface area contributed by atoms with Crippen LogP contribution in [0.25, 0.3) is 10.8 Å². The summed E-state index contributed by atoms with van der Waals surface area (Å²) in [5, 5.41) is 12.2. The molecule has 1 saturated heterocycles. The molecular weight excluding hydrogens is 430 g/mol. The number of fused-ring (bicyclic) bond motifs is 1. The zero-order valence-electron chi connectivity index (χ0n) is 16.3. The van der Waals surface area contributed by atoms with Crippen LogP contribution in [0.1, 0.15) is 36.9 Å². The van der Waals surface area contributed by atoms with Crippen LogP contribution in [0.3, 0.4) is 0 Å². The number of likely N-dealkylation sites (tertiary alicyclic amines) is 1. The first kappa shape index (κ1) is 19.9. The molecule has 0 aromatic heterocycles. The van der Waals surface area contributed by atoms with Crippen LogP contribution in [0.5, 0.6) is 5.75 Å². The van der Waals surface area contributed by atoms with Gasteiger partial charge >= 0.3 is 5.97 Å². The van der Waals surface area contributed by atoms with E-state index in [0.717, 1.165) is 39.7 Å². The van der Waals surface area contributed by atoms with Crippen LogP contribution < -0.4 is 4.74 Å². The van der Waals surface area contributed by atoms with Crippen molar-refractivity contribution in [1.29, 1.82) is 0 Å². The van der Waals surface area contributed by atoms with Gasteiger partial charge in [-0.2, -0.15) is 0 Å². The molecule has 0 saturated carbocycles. The van der Waals surface area contributed by atoms with E-state index in [1.165, 1.54) is 5.39 Å². The number of carboxylic acids is 1. The lowest BCUT2D eigenvalue weighted by atomic mass is 9.93. The number of nitrogens with zero attached hydrogens (tertiary/aromatic N) is 1. The van der Waals surface area contributed by atoms with E-state index >= 15 is 0 Å². The Bertz CT molecular complexity index is 1040. The summed E-state index contributed by atoms with van der Waals surface area (Å²) in [5.74, 6) is 0.0335. The quantitative estimate of drug-likeness (QED) is 0.524. The van der Waals surface area contributed by atoms with Gasteiger partial charge in [-0.3, -0.25) is 9.69 Å². The highest BCUT2D eigenvalue weighted by molar-refractivity contribution is 9.10. The van der Waals surface area contributed by atoms with Crippen LogP contribution in [0.4, 0.5) is 0 Å². The van der Waals surface area contributed by atoms with Gasteiger partial charge < -0.3 is 9.84 Å². The summed E-state index contributed by atoms with van der Waals surface area (Å²) in [6.45, 7) is 3.26. The topological polar surface area (TPSA) is 49.8 Å². The van der Waals surface area contributed by atoms with Crippen molar-refractivity contribution in [1.82, 2.24) is 4.90 Å². The third-order valence-corrected chi connectivity index (χ3v) is 6.06. The average molecular weight is 454 g/mol. The summed E-state index contributed by atoms with van der Waals surface area (Å²) >= 11 is 3.59. The van der Waals surface area contributed by atoms with Crippen molar-refractivity contribution in [2.24, 2.45) is 0 Å². The van der Waals surface area contributed by atoms with Crippen LogP contribution in [-0.4, -0.2) is 35.2 Å². The Morgan fingerprint density at radius 3 is 2.72 bits per heavy atom. The first-order valence-corrected chi connectivity index (χ1v) is 10.8. The van der Waals surface area contributed by atoms with E-state index in [2.05, 4.69) is 57.2 Å². The van der Waals surface area contributed by atoms with Crippen molar-refractivity contribution in [3.05, 3.63) is 76.3 Å². The third kappa shape index (κ3) is 4.02. The molecule has 0 bridgehead atoms. The second-order valence-corrected chi connectivity index (χ2v) is 8.27.